The lowest BCUT2D eigenvalue weighted by molar-refractivity contribution is 0.628. The van der Waals surface area contributed by atoms with E-state index in [0.29, 0.717) is 16.7 Å². The van der Waals surface area contributed by atoms with Crippen molar-refractivity contribution in [1.82, 2.24) is 19.9 Å². The normalized spacial score (nSPS) is 11.2. The van der Waals surface area contributed by atoms with Crippen LogP contribution < -0.4 is 5.84 Å². The summed E-state index contributed by atoms with van der Waals surface area (Å²) >= 11 is 4.88. The molecule has 8 heteroatoms. The predicted octanol–water partition coefficient (Wildman–Crippen LogP) is 4.40. The lowest BCUT2D eigenvalue weighted by atomic mass is 10.1. The molecule has 0 saturated heterocycles. The van der Waals surface area contributed by atoms with Crippen LogP contribution in [0.5, 0.6) is 0 Å². The summed E-state index contributed by atoms with van der Waals surface area (Å²) in [5.41, 5.74) is 2.42. The van der Waals surface area contributed by atoms with Crippen LogP contribution in [0.1, 0.15) is 5.56 Å². The predicted molar refractivity (Wildman–Crippen MR) is 105 cm³/mol. The number of hydrogen-bond donors (Lipinski definition) is 1. The lowest BCUT2D eigenvalue weighted by Gasteiger charge is -2.07. The Morgan fingerprint density at radius 2 is 1.96 bits per heavy atom. The SMILES string of the molecule is Nn1c(SCc2cc(F)cc3cccnc23)nnc1-c1ccccc1Br. The van der Waals surface area contributed by atoms with Gasteiger partial charge in [-0.1, -0.05) is 45.9 Å². The van der Waals surface area contributed by atoms with Crippen LogP contribution in [-0.4, -0.2) is 19.9 Å². The van der Waals surface area contributed by atoms with Crippen molar-refractivity contribution < 1.29 is 4.39 Å². The third-order valence-electron chi connectivity index (χ3n) is 3.88. The molecule has 2 aromatic heterocycles. The molecule has 0 saturated carbocycles. The molecule has 0 atom stereocenters. The quantitative estimate of drug-likeness (QED) is 0.384. The highest BCUT2D eigenvalue weighted by molar-refractivity contribution is 9.10. The molecule has 0 fully saturated rings. The Balaban J connectivity index is 1.63. The van der Waals surface area contributed by atoms with Crippen molar-refractivity contribution >= 4 is 38.6 Å². The molecular formula is C18H13BrFN5S. The van der Waals surface area contributed by atoms with Crippen molar-refractivity contribution in [3.05, 3.63) is 70.6 Å². The summed E-state index contributed by atoms with van der Waals surface area (Å²) in [6.45, 7) is 0. The van der Waals surface area contributed by atoms with Gasteiger partial charge < -0.3 is 5.84 Å². The number of pyridine rings is 1. The number of fused-ring (bicyclic) bond motifs is 1. The monoisotopic (exact) mass is 429 g/mol. The fourth-order valence-electron chi connectivity index (χ4n) is 2.68. The van der Waals surface area contributed by atoms with Gasteiger partial charge in [-0.15, -0.1) is 10.2 Å². The van der Waals surface area contributed by atoms with Crippen LogP contribution >= 0.6 is 27.7 Å². The van der Waals surface area contributed by atoms with E-state index < -0.39 is 0 Å². The van der Waals surface area contributed by atoms with E-state index >= 15 is 0 Å². The van der Waals surface area contributed by atoms with Gasteiger partial charge in [0.1, 0.15) is 5.82 Å². The van der Waals surface area contributed by atoms with Gasteiger partial charge in [-0.25, -0.2) is 9.07 Å². The largest absolute Gasteiger partial charge is 0.335 e. The number of benzene rings is 2. The number of nitrogen functional groups attached to an aromatic ring is 1. The van der Waals surface area contributed by atoms with Gasteiger partial charge in [0.25, 0.3) is 0 Å². The number of halogens is 2. The molecule has 0 unspecified atom stereocenters. The summed E-state index contributed by atoms with van der Waals surface area (Å²) in [7, 11) is 0. The number of aromatic nitrogens is 4. The third-order valence-corrected chi connectivity index (χ3v) is 5.57. The molecule has 130 valence electrons. The molecule has 26 heavy (non-hydrogen) atoms. The van der Waals surface area contributed by atoms with E-state index in [9.17, 15) is 4.39 Å². The minimum atomic E-state index is -0.288. The molecule has 4 rings (SSSR count). The van der Waals surface area contributed by atoms with Crippen molar-refractivity contribution in [2.75, 3.05) is 5.84 Å². The van der Waals surface area contributed by atoms with Crippen LogP contribution in [0.4, 0.5) is 4.39 Å². The van der Waals surface area contributed by atoms with Gasteiger partial charge in [0.15, 0.2) is 5.82 Å². The molecule has 0 aliphatic carbocycles. The Hall–Kier alpha value is -2.45. The summed E-state index contributed by atoms with van der Waals surface area (Å²) in [6.07, 6.45) is 1.70. The molecule has 0 bridgehead atoms. The van der Waals surface area contributed by atoms with Crippen LogP contribution in [0.15, 0.2) is 64.4 Å². The van der Waals surface area contributed by atoms with Gasteiger partial charge >= 0.3 is 0 Å². The van der Waals surface area contributed by atoms with E-state index in [-0.39, 0.29) is 5.82 Å². The minimum absolute atomic E-state index is 0.288. The van der Waals surface area contributed by atoms with E-state index in [2.05, 4.69) is 31.1 Å². The van der Waals surface area contributed by atoms with Crippen LogP contribution in [-0.2, 0) is 5.75 Å². The highest BCUT2D eigenvalue weighted by atomic mass is 79.9. The van der Waals surface area contributed by atoms with E-state index in [1.54, 1.807) is 12.3 Å². The van der Waals surface area contributed by atoms with Gasteiger partial charge in [-0.2, -0.15) is 0 Å². The fraction of sp³-hybridized carbons (Fsp3) is 0.0556. The second-order valence-electron chi connectivity index (χ2n) is 5.58. The zero-order chi connectivity index (χ0) is 18.1. The molecule has 0 aliphatic heterocycles. The average Bonchev–Trinajstić information content (AvgIpc) is 3.00. The van der Waals surface area contributed by atoms with Crippen molar-refractivity contribution in [2.45, 2.75) is 10.9 Å². The maximum atomic E-state index is 13.9. The van der Waals surface area contributed by atoms with E-state index in [1.165, 1.54) is 28.6 Å². The Morgan fingerprint density at radius 1 is 1.12 bits per heavy atom. The first-order chi connectivity index (χ1) is 12.6. The topological polar surface area (TPSA) is 69.6 Å². The number of nitrogens with two attached hydrogens (primary N) is 1. The van der Waals surface area contributed by atoms with Gasteiger partial charge in [-0.05, 0) is 35.9 Å². The molecule has 0 aliphatic rings. The van der Waals surface area contributed by atoms with Gasteiger partial charge in [0, 0.05) is 27.4 Å². The molecular weight excluding hydrogens is 417 g/mol. The summed E-state index contributed by atoms with van der Waals surface area (Å²) in [5, 5.41) is 9.67. The van der Waals surface area contributed by atoms with Gasteiger partial charge in [0.05, 0.1) is 5.52 Å². The summed E-state index contributed by atoms with van der Waals surface area (Å²) in [4.78, 5) is 4.36. The fourth-order valence-corrected chi connectivity index (χ4v) is 3.97. The molecule has 5 nitrogen and oxygen atoms in total. The Bertz CT molecular complexity index is 1100. The Labute approximate surface area is 161 Å². The smallest absolute Gasteiger partial charge is 0.210 e. The summed E-state index contributed by atoms with van der Waals surface area (Å²) in [6, 6.07) is 14.3. The molecule has 4 aromatic rings. The highest BCUT2D eigenvalue weighted by Gasteiger charge is 2.15. The van der Waals surface area contributed by atoms with E-state index in [0.717, 1.165) is 26.5 Å². The maximum Gasteiger partial charge on any atom is 0.210 e. The Kier molecular flexibility index (Phi) is 4.60. The zero-order valence-corrected chi connectivity index (χ0v) is 15.8. The van der Waals surface area contributed by atoms with Crippen molar-refractivity contribution in [2.24, 2.45) is 0 Å². The van der Waals surface area contributed by atoms with Crippen molar-refractivity contribution in [1.29, 1.82) is 0 Å². The summed E-state index contributed by atoms with van der Waals surface area (Å²) in [5.74, 6) is 6.92. The van der Waals surface area contributed by atoms with Crippen LogP contribution in [0, 0.1) is 5.82 Å². The highest BCUT2D eigenvalue weighted by Crippen LogP contribution is 2.30. The van der Waals surface area contributed by atoms with Crippen LogP contribution in [0.2, 0.25) is 0 Å². The number of thioether (sulfide) groups is 1. The maximum absolute atomic E-state index is 13.9. The van der Waals surface area contributed by atoms with Gasteiger partial charge in [-0.3, -0.25) is 4.98 Å². The number of nitrogens with zero attached hydrogens (tertiary/aromatic N) is 4. The second-order valence-corrected chi connectivity index (χ2v) is 7.38. The average molecular weight is 430 g/mol. The molecule has 2 N–H and O–H groups in total. The van der Waals surface area contributed by atoms with Crippen molar-refractivity contribution in [3.63, 3.8) is 0 Å². The van der Waals surface area contributed by atoms with E-state index in [1.807, 2.05) is 30.3 Å². The first kappa shape index (κ1) is 17.0. The number of rotatable bonds is 4. The zero-order valence-electron chi connectivity index (χ0n) is 13.4. The third kappa shape index (κ3) is 3.17. The lowest BCUT2D eigenvalue weighted by Crippen LogP contribution is -2.11. The molecule has 0 amide bonds. The first-order valence-corrected chi connectivity index (χ1v) is 9.52. The molecule has 0 radical (unpaired) electrons. The van der Waals surface area contributed by atoms with E-state index in [4.69, 9.17) is 5.84 Å². The minimum Gasteiger partial charge on any atom is -0.335 e. The van der Waals surface area contributed by atoms with Crippen LogP contribution in [0.3, 0.4) is 0 Å². The Morgan fingerprint density at radius 3 is 2.81 bits per heavy atom. The number of hydrogen-bond acceptors (Lipinski definition) is 5. The molecule has 2 heterocycles. The molecule has 0 spiro atoms. The van der Waals surface area contributed by atoms with Gasteiger partial charge in [0.2, 0.25) is 5.16 Å². The summed E-state index contributed by atoms with van der Waals surface area (Å²) < 4.78 is 16.2. The first-order valence-electron chi connectivity index (χ1n) is 7.75. The van der Waals surface area contributed by atoms with Crippen LogP contribution in [0.25, 0.3) is 22.3 Å². The standard InChI is InChI=1S/C18H13BrFN5S/c19-15-6-2-1-5-14(15)17-23-24-18(25(17)21)26-10-12-9-13(20)8-11-4-3-7-22-16(11)12/h1-9H,10,21H2. The van der Waals surface area contributed by atoms with Crippen molar-refractivity contribution in [3.8, 4) is 11.4 Å². The molecule has 2 aromatic carbocycles. The second kappa shape index (κ2) is 7.05.